The summed E-state index contributed by atoms with van der Waals surface area (Å²) in [6, 6.07) is 13.7. The summed E-state index contributed by atoms with van der Waals surface area (Å²) in [5.41, 5.74) is 3.21. The number of halogens is 1. The molecule has 0 atom stereocenters. The van der Waals surface area contributed by atoms with Crippen molar-refractivity contribution in [2.24, 2.45) is 0 Å². The summed E-state index contributed by atoms with van der Waals surface area (Å²) in [5, 5.41) is 12.2. The van der Waals surface area contributed by atoms with Crippen molar-refractivity contribution in [1.29, 1.82) is 5.26 Å². The van der Waals surface area contributed by atoms with Gasteiger partial charge in [-0.05, 0) is 47.7 Å². The maximum Gasteiger partial charge on any atom is 0.335 e. The van der Waals surface area contributed by atoms with Crippen LogP contribution >= 0.6 is 22.6 Å². The van der Waals surface area contributed by atoms with Crippen LogP contribution < -0.4 is 5.32 Å². The van der Waals surface area contributed by atoms with E-state index in [0.717, 1.165) is 20.6 Å². The molecule has 0 spiro atoms. The van der Waals surface area contributed by atoms with Gasteiger partial charge in [-0.2, -0.15) is 13.7 Å². The Bertz CT molecular complexity index is 665. The number of rotatable bonds is 2. The Morgan fingerprint density at radius 3 is 2.45 bits per heavy atom. The molecular weight excluding hydrogens is 389 g/mol. The molecule has 2 rings (SSSR count). The molecule has 0 saturated heterocycles. The molecule has 1 aromatic heterocycles. The number of nitriles is 1. The zero-order chi connectivity index (χ0) is 15.0. The summed E-state index contributed by atoms with van der Waals surface area (Å²) in [6.07, 6.45) is 0. The average molecular weight is 399 g/mol. The van der Waals surface area contributed by atoms with Crippen LogP contribution in [0.3, 0.4) is 0 Å². The lowest BCUT2D eigenvalue weighted by Gasteiger charge is -2.10. The lowest BCUT2D eigenvalue weighted by atomic mass is 10.2. The molecule has 0 saturated carbocycles. The van der Waals surface area contributed by atoms with Crippen LogP contribution in [0.1, 0.15) is 11.4 Å². The number of para-hydroxylation sites is 1. The number of anilines is 2. The van der Waals surface area contributed by atoms with Gasteiger partial charge in [-0.1, -0.05) is 18.2 Å². The largest absolute Gasteiger partial charge is 0.355 e. The minimum Gasteiger partial charge on any atom is -0.355 e. The first-order valence-corrected chi connectivity index (χ1v) is 7.18. The van der Waals surface area contributed by atoms with Gasteiger partial charge in [0.2, 0.25) is 0 Å². The molecule has 0 amide bonds. The summed E-state index contributed by atoms with van der Waals surface area (Å²) >= 11 is 1.48. The number of hydrogen-bond acceptors (Lipinski definition) is 5. The van der Waals surface area contributed by atoms with Crippen LogP contribution in [0, 0.1) is 21.8 Å². The van der Waals surface area contributed by atoms with E-state index in [4.69, 9.17) is 13.7 Å². The van der Waals surface area contributed by atoms with E-state index in [1.807, 2.05) is 37.3 Å². The molecular formula is C13H10IN3O2S. The van der Waals surface area contributed by atoms with E-state index >= 15 is 0 Å². The number of nitrogens with one attached hydrogen (secondary N) is 1. The first-order chi connectivity index (χ1) is 9.62. The summed E-state index contributed by atoms with van der Waals surface area (Å²) in [5.74, 6) is 0. The van der Waals surface area contributed by atoms with Crippen molar-refractivity contribution < 1.29 is 8.42 Å². The Balaban J connectivity index is 0.000000612. The molecule has 0 unspecified atom stereocenters. The fraction of sp³-hybridized carbons (Fsp3) is 0.0769. The highest BCUT2D eigenvalue weighted by Crippen LogP contribution is 2.25. The predicted molar refractivity (Wildman–Crippen MR) is 85.1 cm³/mol. The SMILES string of the molecule is Cc1nc(C#N)cc(Nc2ccccc2)c1I.O=S=O. The molecule has 0 aliphatic carbocycles. The Morgan fingerprint density at radius 2 is 1.90 bits per heavy atom. The number of aromatic nitrogens is 1. The zero-order valence-electron chi connectivity index (χ0n) is 10.5. The van der Waals surface area contributed by atoms with Crippen molar-refractivity contribution in [1.82, 2.24) is 4.98 Å². The molecule has 20 heavy (non-hydrogen) atoms. The molecule has 0 bridgehead atoms. The number of benzene rings is 1. The zero-order valence-corrected chi connectivity index (χ0v) is 13.4. The second kappa shape index (κ2) is 8.39. The first-order valence-electron chi connectivity index (χ1n) is 5.43. The van der Waals surface area contributed by atoms with E-state index in [9.17, 15) is 0 Å². The van der Waals surface area contributed by atoms with E-state index in [2.05, 4.69) is 39.0 Å². The Morgan fingerprint density at radius 1 is 1.30 bits per heavy atom. The number of hydrogen-bond donors (Lipinski definition) is 1. The third-order valence-electron chi connectivity index (χ3n) is 2.29. The van der Waals surface area contributed by atoms with Gasteiger partial charge in [-0.15, -0.1) is 0 Å². The predicted octanol–water partition coefficient (Wildman–Crippen LogP) is 2.94. The summed E-state index contributed by atoms with van der Waals surface area (Å²) < 4.78 is 17.6. The van der Waals surface area contributed by atoms with E-state index in [1.165, 1.54) is 0 Å². The van der Waals surface area contributed by atoms with Crippen molar-refractivity contribution >= 4 is 45.5 Å². The van der Waals surface area contributed by atoms with E-state index in [1.54, 1.807) is 6.07 Å². The fourth-order valence-corrected chi connectivity index (χ4v) is 1.89. The minimum atomic E-state index is -0.750. The molecule has 5 nitrogen and oxygen atoms in total. The highest BCUT2D eigenvalue weighted by molar-refractivity contribution is 14.1. The molecule has 0 radical (unpaired) electrons. The topological polar surface area (TPSA) is 82.8 Å². The highest BCUT2D eigenvalue weighted by Gasteiger charge is 2.07. The van der Waals surface area contributed by atoms with Crippen LogP contribution in [0.25, 0.3) is 0 Å². The smallest absolute Gasteiger partial charge is 0.335 e. The molecule has 0 fully saturated rings. The van der Waals surface area contributed by atoms with Crippen LogP contribution in [0.4, 0.5) is 11.4 Å². The third-order valence-corrected chi connectivity index (χ3v) is 3.65. The van der Waals surface area contributed by atoms with Crippen LogP contribution in [-0.4, -0.2) is 13.4 Å². The van der Waals surface area contributed by atoms with Crippen molar-refractivity contribution in [3.8, 4) is 6.07 Å². The van der Waals surface area contributed by atoms with Gasteiger partial charge < -0.3 is 5.32 Å². The van der Waals surface area contributed by atoms with Gasteiger partial charge >= 0.3 is 11.6 Å². The van der Waals surface area contributed by atoms with Crippen molar-refractivity contribution in [3.63, 3.8) is 0 Å². The molecule has 0 aliphatic heterocycles. The van der Waals surface area contributed by atoms with Crippen LogP contribution in [0.15, 0.2) is 36.4 Å². The normalized spacial score (nSPS) is 8.85. The number of pyridine rings is 1. The molecule has 102 valence electrons. The second-order valence-corrected chi connectivity index (χ2v) is 4.84. The van der Waals surface area contributed by atoms with Gasteiger partial charge in [0.1, 0.15) is 11.8 Å². The van der Waals surface area contributed by atoms with Gasteiger partial charge in [0.15, 0.2) is 0 Å². The first kappa shape index (κ1) is 16.3. The lowest BCUT2D eigenvalue weighted by Crippen LogP contribution is -1.99. The molecule has 1 aromatic carbocycles. The van der Waals surface area contributed by atoms with E-state index < -0.39 is 11.6 Å². The molecule has 1 N–H and O–H groups in total. The van der Waals surface area contributed by atoms with Gasteiger partial charge in [-0.3, -0.25) is 0 Å². The molecule has 0 aliphatic rings. The maximum absolute atomic E-state index is 8.90. The van der Waals surface area contributed by atoms with E-state index in [0.29, 0.717) is 5.69 Å². The van der Waals surface area contributed by atoms with Crippen molar-refractivity contribution in [2.75, 3.05) is 5.32 Å². The van der Waals surface area contributed by atoms with Crippen molar-refractivity contribution in [2.45, 2.75) is 6.92 Å². The minimum absolute atomic E-state index is 0.432. The van der Waals surface area contributed by atoms with Gasteiger partial charge in [-0.25, -0.2) is 4.98 Å². The van der Waals surface area contributed by atoms with Gasteiger partial charge in [0, 0.05) is 5.69 Å². The monoisotopic (exact) mass is 399 g/mol. The van der Waals surface area contributed by atoms with Gasteiger partial charge in [0.05, 0.1) is 15.0 Å². The summed E-state index contributed by atoms with van der Waals surface area (Å²) in [7, 11) is 0. The van der Waals surface area contributed by atoms with E-state index in [-0.39, 0.29) is 0 Å². The van der Waals surface area contributed by atoms with Crippen molar-refractivity contribution in [3.05, 3.63) is 51.4 Å². The second-order valence-electron chi connectivity index (χ2n) is 3.63. The van der Waals surface area contributed by atoms with Gasteiger partial charge in [0.25, 0.3) is 0 Å². The molecule has 2 aromatic rings. The Kier molecular flexibility index (Phi) is 6.83. The molecule has 7 heteroatoms. The molecule has 1 heterocycles. The standard InChI is InChI=1S/C13H10IN3.O2S/c1-9-13(14)12(7-11(8-15)16-9)17-10-5-3-2-4-6-10;1-3-2/h2-7H,1H3,(H,16,17);. The van der Waals surface area contributed by atoms with Crippen LogP contribution in [0.2, 0.25) is 0 Å². The number of nitrogens with zero attached hydrogens (tertiary/aromatic N) is 2. The summed E-state index contributed by atoms with van der Waals surface area (Å²) in [6.45, 7) is 1.90. The maximum atomic E-state index is 8.90. The van der Waals surface area contributed by atoms with Crippen LogP contribution in [0.5, 0.6) is 0 Å². The van der Waals surface area contributed by atoms with Crippen LogP contribution in [-0.2, 0) is 11.6 Å². The Hall–Kier alpha value is -1.79. The summed E-state index contributed by atoms with van der Waals surface area (Å²) in [4.78, 5) is 4.18. The fourth-order valence-electron chi connectivity index (χ4n) is 1.48. The number of aryl methyl sites for hydroxylation is 1. The highest BCUT2D eigenvalue weighted by atomic mass is 127. The Labute approximate surface area is 133 Å². The lowest BCUT2D eigenvalue weighted by molar-refractivity contribution is 0.630. The quantitative estimate of drug-likeness (QED) is 0.786. The third kappa shape index (κ3) is 4.71. The average Bonchev–Trinajstić information content (AvgIpc) is 2.45.